The van der Waals surface area contributed by atoms with Crippen molar-refractivity contribution in [2.75, 3.05) is 17.2 Å². The van der Waals surface area contributed by atoms with Crippen LogP contribution in [0.4, 0.5) is 11.4 Å². The number of hydrogen-bond donors (Lipinski definition) is 2. The molecule has 2 aromatic rings. The maximum Gasteiger partial charge on any atom is 0.229 e. The highest BCUT2D eigenvalue weighted by molar-refractivity contribution is 5.97. The molecule has 2 aliphatic rings. The van der Waals surface area contributed by atoms with Gasteiger partial charge in [-0.25, -0.2) is 0 Å². The van der Waals surface area contributed by atoms with Crippen molar-refractivity contribution >= 4 is 23.2 Å². The normalized spacial score (nSPS) is 19.7. The second-order valence-corrected chi connectivity index (χ2v) is 8.71. The van der Waals surface area contributed by atoms with E-state index in [0.717, 1.165) is 16.9 Å². The molecule has 5 nitrogen and oxygen atoms in total. The number of amides is 2. The molecule has 2 aromatic carbocycles. The first-order valence-corrected chi connectivity index (χ1v) is 11.1. The lowest BCUT2D eigenvalue weighted by molar-refractivity contribution is -0.128. The molecule has 2 amide bonds. The fourth-order valence-electron chi connectivity index (χ4n) is 4.39. The van der Waals surface area contributed by atoms with E-state index in [1.807, 2.05) is 55.5 Å². The summed E-state index contributed by atoms with van der Waals surface area (Å²) in [6, 6.07) is 16.6. The van der Waals surface area contributed by atoms with Crippen molar-refractivity contribution in [3.8, 4) is 0 Å². The second kappa shape index (κ2) is 9.33. The Morgan fingerprint density at radius 2 is 1.63 bits per heavy atom. The molecule has 1 unspecified atom stereocenters. The van der Waals surface area contributed by atoms with Crippen molar-refractivity contribution in [1.82, 2.24) is 4.90 Å². The van der Waals surface area contributed by atoms with Crippen molar-refractivity contribution in [3.63, 3.8) is 0 Å². The summed E-state index contributed by atoms with van der Waals surface area (Å²) in [7, 11) is 0. The number of anilines is 2. The van der Waals surface area contributed by atoms with Gasteiger partial charge in [-0.1, -0.05) is 49.1 Å². The van der Waals surface area contributed by atoms with Gasteiger partial charge in [0.25, 0.3) is 0 Å². The van der Waals surface area contributed by atoms with Crippen LogP contribution in [0.2, 0.25) is 0 Å². The summed E-state index contributed by atoms with van der Waals surface area (Å²) in [6.45, 7) is 3.08. The number of aryl methyl sites for hydroxylation is 1. The molecule has 1 saturated heterocycles. The van der Waals surface area contributed by atoms with Crippen molar-refractivity contribution in [2.45, 2.75) is 58.0 Å². The van der Waals surface area contributed by atoms with E-state index in [2.05, 4.69) is 10.6 Å². The van der Waals surface area contributed by atoms with E-state index in [1.165, 1.54) is 37.7 Å². The Labute approximate surface area is 178 Å². The molecule has 1 saturated carbocycles. The number of likely N-dealkylation sites (tertiary alicyclic amines) is 1. The first-order valence-electron chi connectivity index (χ1n) is 11.1. The standard InChI is InChI=1S/C25H31N3O2/c1-18-7-9-19(10-8-18)16-28-17-20(15-24(28)29)25(30)27-23-13-11-22(12-14-23)26-21-5-3-2-4-6-21/h7-14,20-21,26H,2-6,15-17H2,1H3,(H,27,30). The highest BCUT2D eigenvalue weighted by Crippen LogP contribution is 2.24. The van der Waals surface area contributed by atoms with E-state index >= 15 is 0 Å². The van der Waals surface area contributed by atoms with Crippen LogP contribution < -0.4 is 10.6 Å². The molecule has 1 aliphatic heterocycles. The summed E-state index contributed by atoms with van der Waals surface area (Å²) in [6.07, 6.45) is 6.68. The topological polar surface area (TPSA) is 61.4 Å². The molecule has 0 spiro atoms. The minimum Gasteiger partial charge on any atom is -0.382 e. The number of carbonyl (C=O) groups is 2. The summed E-state index contributed by atoms with van der Waals surface area (Å²) < 4.78 is 0. The minimum absolute atomic E-state index is 0.0442. The van der Waals surface area contributed by atoms with E-state index in [0.29, 0.717) is 19.1 Å². The van der Waals surface area contributed by atoms with E-state index in [-0.39, 0.29) is 24.2 Å². The number of hydrogen-bond acceptors (Lipinski definition) is 3. The molecule has 0 bridgehead atoms. The van der Waals surface area contributed by atoms with Crippen LogP contribution in [0.15, 0.2) is 48.5 Å². The molecule has 30 heavy (non-hydrogen) atoms. The summed E-state index contributed by atoms with van der Waals surface area (Å²) in [5, 5.41) is 6.57. The van der Waals surface area contributed by atoms with Gasteiger partial charge in [0.2, 0.25) is 11.8 Å². The first kappa shape index (κ1) is 20.5. The van der Waals surface area contributed by atoms with E-state index in [4.69, 9.17) is 0 Å². The Bertz CT molecular complexity index is 870. The number of carbonyl (C=O) groups excluding carboxylic acids is 2. The largest absolute Gasteiger partial charge is 0.382 e. The molecular formula is C25H31N3O2. The van der Waals surface area contributed by atoms with Crippen molar-refractivity contribution < 1.29 is 9.59 Å². The number of rotatable bonds is 6. The van der Waals surface area contributed by atoms with E-state index in [1.54, 1.807) is 4.90 Å². The van der Waals surface area contributed by atoms with Gasteiger partial charge in [-0.3, -0.25) is 9.59 Å². The smallest absolute Gasteiger partial charge is 0.229 e. The van der Waals surface area contributed by atoms with Crippen LogP contribution >= 0.6 is 0 Å². The Morgan fingerprint density at radius 1 is 0.967 bits per heavy atom. The van der Waals surface area contributed by atoms with Crippen LogP contribution in [0, 0.1) is 12.8 Å². The fraction of sp³-hybridized carbons (Fsp3) is 0.440. The van der Waals surface area contributed by atoms with Gasteiger partial charge in [0.05, 0.1) is 5.92 Å². The third-order valence-corrected chi connectivity index (χ3v) is 6.21. The average Bonchev–Trinajstić information content (AvgIpc) is 3.12. The van der Waals surface area contributed by atoms with Gasteiger partial charge in [-0.05, 0) is 49.6 Å². The zero-order chi connectivity index (χ0) is 20.9. The molecule has 4 rings (SSSR count). The second-order valence-electron chi connectivity index (χ2n) is 8.71. The van der Waals surface area contributed by atoms with Crippen LogP contribution in [-0.2, 0) is 16.1 Å². The highest BCUT2D eigenvalue weighted by atomic mass is 16.2. The molecular weight excluding hydrogens is 374 g/mol. The molecule has 1 atom stereocenters. The number of nitrogens with one attached hydrogen (secondary N) is 2. The molecule has 0 radical (unpaired) electrons. The molecule has 1 aliphatic carbocycles. The zero-order valence-corrected chi connectivity index (χ0v) is 17.7. The summed E-state index contributed by atoms with van der Waals surface area (Å²) in [5.41, 5.74) is 4.17. The van der Waals surface area contributed by atoms with Gasteiger partial charge in [-0.2, -0.15) is 0 Å². The average molecular weight is 406 g/mol. The number of nitrogens with zero attached hydrogens (tertiary/aromatic N) is 1. The summed E-state index contributed by atoms with van der Waals surface area (Å²) in [5.74, 6) is -0.339. The van der Waals surface area contributed by atoms with E-state index < -0.39 is 0 Å². The molecule has 1 heterocycles. The Hall–Kier alpha value is -2.82. The predicted octanol–water partition coefficient (Wildman–Crippen LogP) is 4.73. The molecule has 158 valence electrons. The monoisotopic (exact) mass is 405 g/mol. The minimum atomic E-state index is -0.303. The van der Waals surface area contributed by atoms with Crippen LogP contribution in [0.5, 0.6) is 0 Å². The number of benzene rings is 2. The zero-order valence-electron chi connectivity index (χ0n) is 17.7. The Kier molecular flexibility index (Phi) is 6.36. The van der Waals surface area contributed by atoms with Crippen molar-refractivity contribution in [3.05, 3.63) is 59.7 Å². The van der Waals surface area contributed by atoms with Crippen molar-refractivity contribution in [2.24, 2.45) is 5.92 Å². The summed E-state index contributed by atoms with van der Waals surface area (Å²) >= 11 is 0. The third-order valence-electron chi connectivity index (χ3n) is 6.21. The highest BCUT2D eigenvalue weighted by Gasteiger charge is 2.34. The van der Waals surface area contributed by atoms with Crippen LogP contribution in [0.25, 0.3) is 0 Å². The van der Waals surface area contributed by atoms with Crippen molar-refractivity contribution in [1.29, 1.82) is 0 Å². The van der Waals surface area contributed by atoms with Crippen LogP contribution in [0.1, 0.15) is 49.7 Å². The van der Waals surface area contributed by atoms with Gasteiger partial charge in [0, 0.05) is 36.9 Å². The van der Waals surface area contributed by atoms with Gasteiger partial charge < -0.3 is 15.5 Å². The van der Waals surface area contributed by atoms with E-state index in [9.17, 15) is 9.59 Å². The van der Waals surface area contributed by atoms with Crippen LogP contribution in [0.3, 0.4) is 0 Å². The third kappa shape index (κ3) is 5.21. The predicted molar refractivity (Wildman–Crippen MR) is 120 cm³/mol. The summed E-state index contributed by atoms with van der Waals surface area (Å²) in [4.78, 5) is 26.9. The molecule has 2 N–H and O–H groups in total. The fourth-order valence-corrected chi connectivity index (χ4v) is 4.39. The Balaban J connectivity index is 1.29. The quantitative estimate of drug-likeness (QED) is 0.731. The van der Waals surface area contributed by atoms with Crippen LogP contribution in [-0.4, -0.2) is 29.3 Å². The maximum absolute atomic E-state index is 12.7. The molecule has 0 aromatic heterocycles. The molecule has 2 fully saturated rings. The lowest BCUT2D eigenvalue weighted by atomic mass is 9.95. The SMILES string of the molecule is Cc1ccc(CN2CC(C(=O)Nc3ccc(NC4CCCCC4)cc3)CC2=O)cc1. The maximum atomic E-state index is 12.7. The lowest BCUT2D eigenvalue weighted by Crippen LogP contribution is -2.28. The lowest BCUT2D eigenvalue weighted by Gasteiger charge is -2.24. The van der Waals surface area contributed by atoms with Gasteiger partial charge in [0.15, 0.2) is 0 Å². The Morgan fingerprint density at radius 3 is 2.33 bits per heavy atom. The first-order chi connectivity index (χ1) is 14.6. The van der Waals surface area contributed by atoms with Gasteiger partial charge in [0.1, 0.15) is 0 Å². The van der Waals surface area contributed by atoms with Gasteiger partial charge >= 0.3 is 0 Å². The molecule has 5 heteroatoms. The van der Waals surface area contributed by atoms with Gasteiger partial charge in [-0.15, -0.1) is 0 Å².